The van der Waals surface area contributed by atoms with Crippen LogP contribution in [0.25, 0.3) is 0 Å². The molecule has 2 unspecified atom stereocenters. The van der Waals surface area contributed by atoms with Crippen LogP contribution in [0.1, 0.15) is 51.1 Å². The summed E-state index contributed by atoms with van der Waals surface area (Å²) in [5.74, 6) is 0.907. The van der Waals surface area contributed by atoms with E-state index in [0.717, 1.165) is 11.2 Å². The largest absolute Gasteiger partial charge is 0.324 e. The van der Waals surface area contributed by atoms with E-state index in [9.17, 15) is 0 Å². The van der Waals surface area contributed by atoms with Crippen molar-refractivity contribution in [1.82, 2.24) is 0 Å². The fourth-order valence-corrected chi connectivity index (χ4v) is 3.92. The molecule has 0 aromatic heterocycles. The molecular formula is C15H23NS. The lowest BCUT2D eigenvalue weighted by Crippen LogP contribution is -2.14. The van der Waals surface area contributed by atoms with Gasteiger partial charge in [0.15, 0.2) is 0 Å². The van der Waals surface area contributed by atoms with E-state index in [2.05, 4.69) is 31.2 Å². The first kappa shape index (κ1) is 13.0. The fourth-order valence-electron chi connectivity index (χ4n) is 2.53. The van der Waals surface area contributed by atoms with E-state index in [-0.39, 0.29) is 6.04 Å². The van der Waals surface area contributed by atoms with Crippen molar-refractivity contribution in [3.8, 4) is 0 Å². The highest BCUT2D eigenvalue weighted by atomic mass is 32.2. The molecule has 0 amide bonds. The summed E-state index contributed by atoms with van der Waals surface area (Å²) in [5.41, 5.74) is 7.09. The summed E-state index contributed by atoms with van der Waals surface area (Å²) in [4.78, 5) is 1.40. The first-order valence-electron chi connectivity index (χ1n) is 6.67. The molecule has 17 heavy (non-hydrogen) atoms. The van der Waals surface area contributed by atoms with Crippen LogP contribution in [-0.2, 0) is 0 Å². The molecule has 1 fully saturated rings. The summed E-state index contributed by atoms with van der Waals surface area (Å²) < 4.78 is 0. The Morgan fingerprint density at radius 3 is 2.53 bits per heavy atom. The standard InChI is InChI=1S/C15H23NS/c1-11-4-3-5-15(10-11)17-14-8-6-13(7-9-14)12(2)16/h6-9,11-12,15H,3-5,10,16H2,1-2H3/t11?,12-,15?/m0/s1. The van der Waals surface area contributed by atoms with Gasteiger partial charge in [-0.05, 0) is 43.4 Å². The van der Waals surface area contributed by atoms with E-state index < -0.39 is 0 Å². The van der Waals surface area contributed by atoms with Crippen molar-refractivity contribution in [1.29, 1.82) is 0 Å². The summed E-state index contributed by atoms with van der Waals surface area (Å²) in [7, 11) is 0. The number of hydrogen-bond donors (Lipinski definition) is 1. The molecule has 1 aliphatic rings. The minimum absolute atomic E-state index is 0.142. The Bertz CT molecular complexity index is 344. The lowest BCUT2D eigenvalue weighted by molar-refractivity contribution is 0.394. The third kappa shape index (κ3) is 3.75. The predicted octanol–water partition coefficient (Wildman–Crippen LogP) is 4.38. The molecule has 1 aliphatic carbocycles. The molecule has 1 aromatic rings. The Kier molecular flexibility index (Phi) is 4.52. The van der Waals surface area contributed by atoms with Gasteiger partial charge in [0, 0.05) is 16.2 Å². The minimum atomic E-state index is 0.142. The van der Waals surface area contributed by atoms with Gasteiger partial charge in [0.25, 0.3) is 0 Å². The second kappa shape index (κ2) is 5.92. The van der Waals surface area contributed by atoms with Crippen LogP contribution in [0.15, 0.2) is 29.2 Å². The Labute approximate surface area is 109 Å². The third-order valence-corrected chi connectivity index (χ3v) is 4.90. The molecular weight excluding hydrogens is 226 g/mol. The van der Waals surface area contributed by atoms with Crippen LogP contribution in [0, 0.1) is 5.92 Å². The highest BCUT2D eigenvalue weighted by Gasteiger charge is 2.19. The number of thioether (sulfide) groups is 1. The third-order valence-electron chi connectivity index (χ3n) is 3.60. The lowest BCUT2D eigenvalue weighted by atomic mass is 9.91. The second-order valence-electron chi connectivity index (χ2n) is 5.37. The number of benzene rings is 1. The average molecular weight is 249 g/mol. The Morgan fingerprint density at radius 1 is 1.24 bits per heavy atom. The van der Waals surface area contributed by atoms with Gasteiger partial charge in [0.2, 0.25) is 0 Å². The number of hydrogen-bond acceptors (Lipinski definition) is 2. The molecule has 0 radical (unpaired) electrons. The van der Waals surface area contributed by atoms with Crippen LogP contribution < -0.4 is 5.73 Å². The molecule has 1 saturated carbocycles. The average Bonchev–Trinajstić information content (AvgIpc) is 2.29. The van der Waals surface area contributed by atoms with Crippen LogP contribution in [0.2, 0.25) is 0 Å². The van der Waals surface area contributed by atoms with Crippen LogP contribution in [0.4, 0.5) is 0 Å². The quantitative estimate of drug-likeness (QED) is 0.860. The first-order valence-corrected chi connectivity index (χ1v) is 7.55. The molecule has 1 aromatic carbocycles. The summed E-state index contributed by atoms with van der Waals surface area (Å²) >= 11 is 2.05. The Morgan fingerprint density at radius 2 is 1.94 bits per heavy atom. The maximum absolute atomic E-state index is 5.86. The van der Waals surface area contributed by atoms with E-state index in [1.807, 2.05) is 18.7 Å². The van der Waals surface area contributed by atoms with Gasteiger partial charge in [-0.3, -0.25) is 0 Å². The van der Waals surface area contributed by atoms with E-state index in [4.69, 9.17) is 5.73 Å². The van der Waals surface area contributed by atoms with Crippen molar-refractivity contribution in [2.75, 3.05) is 0 Å². The number of rotatable bonds is 3. The van der Waals surface area contributed by atoms with Gasteiger partial charge in [-0.2, -0.15) is 0 Å². The zero-order chi connectivity index (χ0) is 12.3. The van der Waals surface area contributed by atoms with Gasteiger partial charge in [-0.25, -0.2) is 0 Å². The molecule has 0 bridgehead atoms. The van der Waals surface area contributed by atoms with Gasteiger partial charge >= 0.3 is 0 Å². The SMILES string of the molecule is CC1CCCC(Sc2ccc([C@H](C)N)cc2)C1. The molecule has 2 rings (SSSR count). The van der Waals surface area contributed by atoms with Crippen molar-refractivity contribution in [3.05, 3.63) is 29.8 Å². The molecule has 94 valence electrons. The minimum Gasteiger partial charge on any atom is -0.324 e. The van der Waals surface area contributed by atoms with Gasteiger partial charge in [-0.15, -0.1) is 11.8 Å². The molecule has 0 spiro atoms. The monoisotopic (exact) mass is 249 g/mol. The van der Waals surface area contributed by atoms with Crippen molar-refractivity contribution < 1.29 is 0 Å². The maximum atomic E-state index is 5.86. The van der Waals surface area contributed by atoms with E-state index in [1.165, 1.54) is 36.1 Å². The molecule has 0 heterocycles. The normalized spacial score (nSPS) is 26.8. The fraction of sp³-hybridized carbons (Fsp3) is 0.600. The van der Waals surface area contributed by atoms with Crippen molar-refractivity contribution >= 4 is 11.8 Å². The van der Waals surface area contributed by atoms with Crippen molar-refractivity contribution in [2.24, 2.45) is 11.7 Å². The van der Waals surface area contributed by atoms with Crippen molar-refractivity contribution in [2.45, 2.75) is 55.7 Å². The van der Waals surface area contributed by atoms with Crippen LogP contribution in [0.3, 0.4) is 0 Å². The van der Waals surface area contributed by atoms with Crippen LogP contribution >= 0.6 is 11.8 Å². The van der Waals surface area contributed by atoms with Gasteiger partial charge in [-0.1, -0.05) is 31.9 Å². The predicted molar refractivity (Wildman–Crippen MR) is 76.3 cm³/mol. The summed E-state index contributed by atoms with van der Waals surface area (Å²) in [6.45, 7) is 4.41. The van der Waals surface area contributed by atoms with Gasteiger partial charge in [0.1, 0.15) is 0 Å². The molecule has 1 nitrogen and oxygen atoms in total. The van der Waals surface area contributed by atoms with E-state index in [1.54, 1.807) is 0 Å². The zero-order valence-electron chi connectivity index (χ0n) is 10.9. The molecule has 0 aliphatic heterocycles. The van der Waals surface area contributed by atoms with Gasteiger partial charge in [0.05, 0.1) is 0 Å². The van der Waals surface area contributed by atoms with E-state index >= 15 is 0 Å². The highest BCUT2D eigenvalue weighted by Crippen LogP contribution is 2.36. The summed E-state index contributed by atoms with van der Waals surface area (Å²) in [6, 6.07) is 8.92. The highest BCUT2D eigenvalue weighted by molar-refractivity contribution is 8.00. The molecule has 0 saturated heterocycles. The molecule has 2 heteroatoms. The Balaban J connectivity index is 1.94. The lowest BCUT2D eigenvalue weighted by Gasteiger charge is -2.26. The Hall–Kier alpha value is -0.470. The maximum Gasteiger partial charge on any atom is 0.0266 e. The molecule has 3 atom stereocenters. The molecule has 2 N–H and O–H groups in total. The topological polar surface area (TPSA) is 26.0 Å². The first-order chi connectivity index (χ1) is 8.15. The van der Waals surface area contributed by atoms with Crippen LogP contribution in [-0.4, -0.2) is 5.25 Å². The smallest absolute Gasteiger partial charge is 0.0266 e. The second-order valence-corrected chi connectivity index (χ2v) is 6.74. The van der Waals surface area contributed by atoms with Gasteiger partial charge < -0.3 is 5.73 Å². The zero-order valence-corrected chi connectivity index (χ0v) is 11.7. The summed E-state index contributed by atoms with van der Waals surface area (Å²) in [5, 5.41) is 0.819. The van der Waals surface area contributed by atoms with E-state index in [0.29, 0.717) is 0 Å². The summed E-state index contributed by atoms with van der Waals surface area (Å²) in [6.07, 6.45) is 5.57. The number of nitrogens with two attached hydrogens (primary N) is 1. The van der Waals surface area contributed by atoms with Crippen LogP contribution in [0.5, 0.6) is 0 Å². The van der Waals surface area contributed by atoms with Crippen molar-refractivity contribution in [3.63, 3.8) is 0 Å².